The molecular weight excluding hydrogens is 348 g/mol. The minimum Gasteiger partial charge on any atom is -0.411 e. The lowest BCUT2D eigenvalue weighted by Gasteiger charge is -2.10. The van der Waals surface area contributed by atoms with E-state index in [1.165, 1.54) is 0 Å². The van der Waals surface area contributed by atoms with Crippen LogP contribution in [-0.2, 0) is 17.6 Å². The highest BCUT2D eigenvalue weighted by atomic mass is 32.1. The number of thiophene rings is 1. The number of anilines is 2. The second-order valence-corrected chi connectivity index (χ2v) is 7.30. The highest BCUT2D eigenvalue weighted by molar-refractivity contribution is 7.19. The zero-order valence-electron chi connectivity index (χ0n) is 14.2. The standard InChI is InChI=1S/C19H18N4O2S/c1-20-18(24)9-16-19(14-6-7-21-10-17(14)26-16)22-12-3-4-13-11(8-12)2-5-15(13)23-25/h3-4,6-8,10,22,25H,2,5,9H2,1H3,(H,20,24). The van der Waals surface area contributed by atoms with Crippen molar-refractivity contribution in [2.24, 2.45) is 5.16 Å². The maximum absolute atomic E-state index is 11.9. The Bertz CT molecular complexity index is 1030. The molecular formula is C19H18N4O2S. The first kappa shape index (κ1) is 16.5. The molecule has 2 heterocycles. The third kappa shape index (κ3) is 2.90. The minimum atomic E-state index is -0.0229. The molecule has 1 aliphatic rings. The van der Waals surface area contributed by atoms with E-state index in [2.05, 4.69) is 26.8 Å². The Morgan fingerprint density at radius 2 is 2.23 bits per heavy atom. The molecule has 0 bridgehead atoms. The zero-order valence-corrected chi connectivity index (χ0v) is 15.1. The van der Waals surface area contributed by atoms with Crippen molar-refractivity contribution in [3.8, 4) is 0 Å². The van der Waals surface area contributed by atoms with Gasteiger partial charge in [-0.1, -0.05) is 11.2 Å². The average Bonchev–Trinajstić information content (AvgIpc) is 3.22. The van der Waals surface area contributed by atoms with E-state index in [-0.39, 0.29) is 5.91 Å². The predicted octanol–water partition coefficient (Wildman–Crippen LogP) is 3.45. The van der Waals surface area contributed by atoms with Gasteiger partial charge in [0.15, 0.2) is 0 Å². The molecule has 6 nitrogen and oxygen atoms in total. The summed E-state index contributed by atoms with van der Waals surface area (Å²) >= 11 is 1.58. The molecule has 0 aliphatic heterocycles. The molecule has 7 heteroatoms. The fraction of sp³-hybridized carbons (Fsp3) is 0.211. The molecule has 4 rings (SSSR count). The number of nitrogens with one attached hydrogen (secondary N) is 2. The van der Waals surface area contributed by atoms with Crippen LogP contribution in [0.25, 0.3) is 10.1 Å². The maximum Gasteiger partial charge on any atom is 0.225 e. The van der Waals surface area contributed by atoms with Crippen molar-refractivity contribution < 1.29 is 10.0 Å². The number of oxime groups is 1. The van der Waals surface area contributed by atoms with Crippen LogP contribution in [0, 0.1) is 0 Å². The number of likely N-dealkylation sites (N-methyl/N-ethyl adjacent to an activating group) is 1. The van der Waals surface area contributed by atoms with Gasteiger partial charge in [0.2, 0.25) is 5.91 Å². The number of rotatable bonds is 4. The number of nitrogens with zero attached hydrogens (tertiary/aromatic N) is 2. The molecule has 0 fully saturated rings. The Morgan fingerprint density at radius 3 is 3.04 bits per heavy atom. The molecule has 132 valence electrons. The largest absolute Gasteiger partial charge is 0.411 e. The topological polar surface area (TPSA) is 86.6 Å². The average molecular weight is 366 g/mol. The van der Waals surface area contributed by atoms with Gasteiger partial charge in [-0.2, -0.15) is 0 Å². The van der Waals surface area contributed by atoms with Crippen molar-refractivity contribution in [1.29, 1.82) is 0 Å². The van der Waals surface area contributed by atoms with E-state index in [1.807, 2.05) is 24.4 Å². The van der Waals surface area contributed by atoms with Gasteiger partial charge in [-0.3, -0.25) is 9.78 Å². The molecule has 3 N–H and O–H groups in total. The van der Waals surface area contributed by atoms with E-state index < -0.39 is 0 Å². The van der Waals surface area contributed by atoms with Gasteiger partial charge in [0.05, 0.1) is 22.5 Å². The van der Waals surface area contributed by atoms with Crippen LogP contribution < -0.4 is 10.6 Å². The Balaban J connectivity index is 1.73. The summed E-state index contributed by atoms with van der Waals surface area (Å²) in [6.07, 6.45) is 5.53. The summed E-state index contributed by atoms with van der Waals surface area (Å²) in [5, 5.41) is 19.7. The lowest BCUT2D eigenvalue weighted by atomic mass is 10.1. The summed E-state index contributed by atoms with van der Waals surface area (Å²) in [6.45, 7) is 0. The molecule has 0 saturated heterocycles. The maximum atomic E-state index is 11.9. The second kappa shape index (κ2) is 6.76. The van der Waals surface area contributed by atoms with Crippen LogP contribution in [0.4, 0.5) is 11.4 Å². The second-order valence-electron chi connectivity index (χ2n) is 6.17. The van der Waals surface area contributed by atoms with Crippen LogP contribution in [0.3, 0.4) is 0 Å². The number of aryl methyl sites for hydroxylation is 1. The molecule has 1 aromatic carbocycles. The normalized spacial score (nSPS) is 14.6. The van der Waals surface area contributed by atoms with Gasteiger partial charge < -0.3 is 15.8 Å². The van der Waals surface area contributed by atoms with Gasteiger partial charge >= 0.3 is 0 Å². The van der Waals surface area contributed by atoms with Gasteiger partial charge in [-0.15, -0.1) is 11.3 Å². The van der Waals surface area contributed by atoms with Crippen LogP contribution in [-0.4, -0.2) is 28.9 Å². The first-order chi connectivity index (χ1) is 12.7. The molecule has 0 atom stereocenters. The van der Waals surface area contributed by atoms with E-state index in [1.54, 1.807) is 24.6 Å². The van der Waals surface area contributed by atoms with E-state index in [0.717, 1.165) is 56.0 Å². The predicted molar refractivity (Wildman–Crippen MR) is 104 cm³/mol. The van der Waals surface area contributed by atoms with Gasteiger partial charge in [0, 0.05) is 41.0 Å². The quantitative estimate of drug-likeness (QED) is 0.487. The fourth-order valence-electron chi connectivity index (χ4n) is 3.29. The van der Waals surface area contributed by atoms with E-state index >= 15 is 0 Å². The third-order valence-corrected chi connectivity index (χ3v) is 5.74. The molecule has 1 amide bonds. The highest BCUT2D eigenvalue weighted by Crippen LogP contribution is 2.38. The Hall–Kier alpha value is -2.93. The summed E-state index contributed by atoms with van der Waals surface area (Å²) in [4.78, 5) is 17.1. The fourth-order valence-corrected chi connectivity index (χ4v) is 4.42. The smallest absolute Gasteiger partial charge is 0.225 e. The van der Waals surface area contributed by atoms with Gasteiger partial charge in [-0.25, -0.2) is 0 Å². The number of aromatic nitrogens is 1. The molecule has 26 heavy (non-hydrogen) atoms. The highest BCUT2D eigenvalue weighted by Gasteiger charge is 2.20. The lowest BCUT2D eigenvalue weighted by molar-refractivity contribution is -0.119. The van der Waals surface area contributed by atoms with Crippen molar-refractivity contribution >= 4 is 44.4 Å². The van der Waals surface area contributed by atoms with Crippen molar-refractivity contribution in [3.05, 3.63) is 52.7 Å². The first-order valence-corrected chi connectivity index (χ1v) is 9.18. The monoisotopic (exact) mass is 366 g/mol. The molecule has 0 saturated carbocycles. The van der Waals surface area contributed by atoms with E-state index in [0.29, 0.717) is 6.42 Å². The van der Waals surface area contributed by atoms with Gasteiger partial charge in [0.1, 0.15) is 0 Å². The molecule has 0 spiro atoms. The Labute approximate surface area is 154 Å². The lowest BCUT2D eigenvalue weighted by Crippen LogP contribution is -2.19. The van der Waals surface area contributed by atoms with Crippen molar-refractivity contribution in [2.45, 2.75) is 19.3 Å². The molecule has 0 unspecified atom stereocenters. The number of hydrogen-bond acceptors (Lipinski definition) is 6. The number of benzene rings is 1. The van der Waals surface area contributed by atoms with Crippen LogP contribution in [0.1, 0.15) is 22.4 Å². The van der Waals surface area contributed by atoms with Gasteiger partial charge in [-0.05, 0) is 36.6 Å². The number of hydrogen-bond donors (Lipinski definition) is 3. The summed E-state index contributed by atoms with van der Waals surface area (Å²) in [6, 6.07) is 8.01. The summed E-state index contributed by atoms with van der Waals surface area (Å²) in [7, 11) is 1.64. The number of pyridine rings is 1. The van der Waals surface area contributed by atoms with Crippen molar-refractivity contribution in [1.82, 2.24) is 10.3 Å². The zero-order chi connectivity index (χ0) is 18.1. The summed E-state index contributed by atoms with van der Waals surface area (Å²) in [5.74, 6) is -0.0229. The summed E-state index contributed by atoms with van der Waals surface area (Å²) in [5.41, 5.74) is 4.81. The van der Waals surface area contributed by atoms with Crippen LogP contribution in [0.2, 0.25) is 0 Å². The number of carbonyl (C=O) groups is 1. The number of carbonyl (C=O) groups excluding carboxylic acids is 1. The molecule has 1 aliphatic carbocycles. The van der Waals surface area contributed by atoms with Crippen LogP contribution in [0.15, 0.2) is 41.8 Å². The summed E-state index contributed by atoms with van der Waals surface area (Å²) < 4.78 is 1.05. The first-order valence-electron chi connectivity index (χ1n) is 8.37. The molecule has 0 radical (unpaired) electrons. The van der Waals surface area contributed by atoms with Crippen molar-refractivity contribution in [3.63, 3.8) is 0 Å². The van der Waals surface area contributed by atoms with Crippen LogP contribution >= 0.6 is 11.3 Å². The minimum absolute atomic E-state index is 0.0229. The van der Waals surface area contributed by atoms with Crippen molar-refractivity contribution in [2.75, 3.05) is 12.4 Å². The number of amides is 1. The molecule has 2 aromatic heterocycles. The third-order valence-electron chi connectivity index (χ3n) is 4.60. The van der Waals surface area contributed by atoms with E-state index in [4.69, 9.17) is 5.21 Å². The van der Waals surface area contributed by atoms with Crippen LogP contribution in [0.5, 0.6) is 0 Å². The number of fused-ring (bicyclic) bond motifs is 2. The molecule has 3 aromatic rings. The Morgan fingerprint density at radius 1 is 1.35 bits per heavy atom. The SMILES string of the molecule is CNC(=O)Cc1sc2cnccc2c1Nc1ccc2c(c1)CCC2=NO. The van der Waals surface area contributed by atoms with E-state index in [9.17, 15) is 4.79 Å². The Kier molecular flexibility index (Phi) is 4.30. The van der Waals surface area contributed by atoms with Gasteiger partial charge in [0.25, 0.3) is 0 Å².